The second-order valence-electron chi connectivity index (χ2n) is 4.42. The van der Waals surface area contributed by atoms with Crippen molar-refractivity contribution in [2.45, 2.75) is 26.8 Å². The van der Waals surface area contributed by atoms with Gasteiger partial charge in [0.2, 0.25) is 0 Å². The molecule has 0 aromatic heterocycles. The summed E-state index contributed by atoms with van der Waals surface area (Å²) in [6, 6.07) is 0.563. The highest BCUT2D eigenvalue weighted by Crippen LogP contribution is 2.34. The van der Waals surface area contributed by atoms with Crippen LogP contribution in [0, 0.1) is 5.41 Å². The van der Waals surface area contributed by atoms with Gasteiger partial charge in [-0.15, -0.1) is 0 Å². The van der Waals surface area contributed by atoms with E-state index < -0.39 is 0 Å². The summed E-state index contributed by atoms with van der Waals surface area (Å²) in [4.78, 5) is 12.9. The molecule has 0 amide bonds. The number of carbonyl (C=O) groups is 1. The quantitative estimate of drug-likeness (QED) is 0.368. The first-order chi connectivity index (χ1) is 5.95. The monoisotopic (exact) mass is 183 g/mol. The third-order valence-corrected chi connectivity index (χ3v) is 2.25. The molecule has 0 aromatic carbocycles. The second-order valence-corrected chi connectivity index (χ2v) is 4.42. The van der Waals surface area contributed by atoms with E-state index in [2.05, 4.69) is 30.4 Å². The predicted octanol–water partition coefficient (Wildman–Crippen LogP) is 1.40. The summed E-state index contributed by atoms with van der Waals surface area (Å²) in [6.07, 6.45) is 3.27. The van der Waals surface area contributed by atoms with E-state index in [-0.39, 0.29) is 5.97 Å². The molecule has 0 radical (unpaired) electrons. The van der Waals surface area contributed by atoms with Crippen molar-refractivity contribution in [2.75, 3.05) is 13.7 Å². The Morgan fingerprint density at radius 3 is 2.54 bits per heavy atom. The topological polar surface area (TPSA) is 29.3 Å². The standard InChI is InChI=1S/C10H17NO2/c1-10(2,3)8-7-11(8)6-5-9(12)13-4/h5-6,8H,7H2,1-4H3/b6-5+. The summed E-state index contributed by atoms with van der Waals surface area (Å²) in [5, 5.41) is 0. The summed E-state index contributed by atoms with van der Waals surface area (Å²) < 4.78 is 4.50. The van der Waals surface area contributed by atoms with Gasteiger partial charge in [-0.3, -0.25) is 0 Å². The molecule has 0 N–H and O–H groups in total. The van der Waals surface area contributed by atoms with Gasteiger partial charge in [-0.1, -0.05) is 20.8 Å². The third-order valence-electron chi connectivity index (χ3n) is 2.25. The highest BCUT2D eigenvalue weighted by Gasteiger charge is 2.40. The van der Waals surface area contributed by atoms with Gasteiger partial charge >= 0.3 is 5.97 Å². The Morgan fingerprint density at radius 1 is 1.54 bits per heavy atom. The van der Waals surface area contributed by atoms with Gasteiger partial charge in [-0.25, -0.2) is 4.79 Å². The lowest BCUT2D eigenvalue weighted by molar-refractivity contribution is -0.134. The minimum atomic E-state index is -0.292. The van der Waals surface area contributed by atoms with Crippen molar-refractivity contribution in [3.63, 3.8) is 0 Å². The fraction of sp³-hybridized carbons (Fsp3) is 0.700. The minimum absolute atomic E-state index is 0.292. The molecule has 13 heavy (non-hydrogen) atoms. The predicted molar refractivity (Wildman–Crippen MR) is 51.1 cm³/mol. The van der Waals surface area contributed by atoms with Crippen molar-refractivity contribution in [1.82, 2.24) is 4.90 Å². The average Bonchev–Trinajstić information content (AvgIpc) is 2.78. The molecule has 74 valence electrons. The summed E-state index contributed by atoms with van der Waals surface area (Å²) in [5.74, 6) is -0.292. The molecular formula is C10H17NO2. The number of carbonyl (C=O) groups excluding carboxylic acids is 1. The molecule has 1 rings (SSSR count). The first-order valence-corrected chi connectivity index (χ1v) is 4.47. The lowest BCUT2D eigenvalue weighted by atomic mass is 9.92. The van der Waals surface area contributed by atoms with E-state index in [0.29, 0.717) is 11.5 Å². The number of rotatable bonds is 2. The zero-order valence-electron chi connectivity index (χ0n) is 8.70. The van der Waals surface area contributed by atoms with E-state index in [4.69, 9.17) is 0 Å². The number of nitrogens with zero attached hydrogens (tertiary/aromatic N) is 1. The molecule has 1 atom stereocenters. The number of methoxy groups -OCH3 is 1. The highest BCUT2D eigenvalue weighted by atomic mass is 16.5. The zero-order chi connectivity index (χ0) is 10.1. The lowest BCUT2D eigenvalue weighted by Gasteiger charge is -2.16. The third kappa shape index (κ3) is 2.76. The molecule has 0 aliphatic carbocycles. The molecule has 3 nitrogen and oxygen atoms in total. The van der Waals surface area contributed by atoms with Crippen LogP contribution in [0.4, 0.5) is 0 Å². The van der Waals surface area contributed by atoms with Gasteiger partial charge in [-0.2, -0.15) is 0 Å². The van der Waals surface area contributed by atoms with E-state index in [9.17, 15) is 4.79 Å². The molecule has 0 saturated carbocycles. The summed E-state index contributed by atoms with van der Waals surface area (Å²) in [5.41, 5.74) is 0.292. The largest absolute Gasteiger partial charge is 0.466 e. The van der Waals surface area contributed by atoms with Gasteiger partial charge in [0.05, 0.1) is 13.2 Å². The van der Waals surface area contributed by atoms with E-state index in [0.717, 1.165) is 6.54 Å². The van der Waals surface area contributed by atoms with Crippen LogP contribution in [0.15, 0.2) is 12.3 Å². The molecule has 3 heteroatoms. The first-order valence-electron chi connectivity index (χ1n) is 4.47. The average molecular weight is 183 g/mol. The van der Waals surface area contributed by atoms with Gasteiger partial charge in [-0.05, 0) is 5.41 Å². The molecule has 0 spiro atoms. The van der Waals surface area contributed by atoms with Crippen molar-refractivity contribution in [3.8, 4) is 0 Å². The molecule has 1 unspecified atom stereocenters. The van der Waals surface area contributed by atoms with Crippen LogP contribution >= 0.6 is 0 Å². The Morgan fingerprint density at radius 2 is 2.15 bits per heavy atom. The Bertz CT molecular complexity index is 228. The van der Waals surface area contributed by atoms with Crippen LogP contribution in [0.2, 0.25) is 0 Å². The normalized spacial score (nSPS) is 22.2. The van der Waals surface area contributed by atoms with Gasteiger partial charge in [0, 0.05) is 18.8 Å². The number of hydrogen-bond acceptors (Lipinski definition) is 3. The molecule has 1 fully saturated rings. The first kappa shape index (κ1) is 10.1. The molecular weight excluding hydrogens is 166 g/mol. The molecule has 1 saturated heterocycles. The number of hydrogen-bond donors (Lipinski definition) is 0. The van der Waals surface area contributed by atoms with Crippen molar-refractivity contribution in [3.05, 3.63) is 12.3 Å². The van der Waals surface area contributed by atoms with Crippen molar-refractivity contribution < 1.29 is 9.53 Å². The fourth-order valence-corrected chi connectivity index (χ4v) is 1.31. The van der Waals surface area contributed by atoms with Crippen LogP contribution in [0.25, 0.3) is 0 Å². The van der Waals surface area contributed by atoms with Gasteiger partial charge in [0.25, 0.3) is 0 Å². The fourth-order valence-electron chi connectivity index (χ4n) is 1.31. The van der Waals surface area contributed by atoms with E-state index in [1.807, 2.05) is 6.20 Å². The van der Waals surface area contributed by atoms with Crippen LogP contribution in [-0.2, 0) is 9.53 Å². The van der Waals surface area contributed by atoms with E-state index in [1.165, 1.54) is 13.2 Å². The number of ether oxygens (including phenoxy) is 1. The zero-order valence-corrected chi connectivity index (χ0v) is 8.70. The van der Waals surface area contributed by atoms with E-state index in [1.54, 1.807) is 0 Å². The summed E-state index contributed by atoms with van der Waals surface area (Å²) in [7, 11) is 1.39. The van der Waals surface area contributed by atoms with Crippen LogP contribution in [0.1, 0.15) is 20.8 Å². The molecule has 0 aromatic rings. The summed E-state index contributed by atoms with van der Waals surface area (Å²) >= 11 is 0. The maximum atomic E-state index is 10.8. The Labute approximate surface area is 79.4 Å². The van der Waals surface area contributed by atoms with Crippen LogP contribution in [-0.4, -0.2) is 30.6 Å². The molecule has 1 aliphatic heterocycles. The Kier molecular flexibility index (Phi) is 2.64. The maximum Gasteiger partial charge on any atom is 0.331 e. The number of esters is 1. The van der Waals surface area contributed by atoms with Crippen LogP contribution in [0.3, 0.4) is 0 Å². The molecule has 1 heterocycles. The maximum absolute atomic E-state index is 10.8. The SMILES string of the molecule is COC(=O)/C=C/N1CC1C(C)(C)C. The Balaban J connectivity index is 2.36. The van der Waals surface area contributed by atoms with Crippen molar-refractivity contribution >= 4 is 5.97 Å². The Hall–Kier alpha value is -0.990. The summed E-state index contributed by atoms with van der Waals surface area (Å²) in [6.45, 7) is 7.63. The molecule has 1 aliphatic rings. The van der Waals surface area contributed by atoms with Crippen LogP contribution in [0.5, 0.6) is 0 Å². The molecule has 0 bridgehead atoms. The lowest BCUT2D eigenvalue weighted by Crippen LogP contribution is -2.16. The second kappa shape index (κ2) is 3.40. The van der Waals surface area contributed by atoms with E-state index >= 15 is 0 Å². The van der Waals surface area contributed by atoms with Gasteiger partial charge < -0.3 is 9.64 Å². The van der Waals surface area contributed by atoms with Crippen LogP contribution < -0.4 is 0 Å². The smallest absolute Gasteiger partial charge is 0.331 e. The van der Waals surface area contributed by atoms with Crippen molar-refractivity contribution in [2.24, 2.45) is 5.41 Å². The van der Waals surface area contributed by atoms with Gasteiger partial charge in [0.1, 0.15) is 0 Å². The van der Waals surface area contributed by atoms with Gasteiger partial charge in [0.15, 0.2) is 0 Å². The highest BCUT2D eigenvalue weighted by molar-refractivity contribution is 5.81. The minimum Gasteiger partial charge on any atom is -0.466 e. The van der Waals surface area contributed by atoms with Crippen molar-refractivity contribution in [1.29, 1.82) is 0 Å².